The number of ether oxygens (including phenoxy) is 1. The van der Waals surface area contributed by atoms with Crippen LogP contribution in [0.4, 0.5) is 13.2 Å². The quantitative estimate of drug-likeness (QED) is 0.482. The average Bonchev–Trinajstić information content (AvgIpc) is 2.62. The molecule has 18 heavy (non-hydrogen) atoms. The molecular formula is C8H11F3N2O4S. The number of aliphatic hydroxyl groups excluding tert-OH is 3. The molecule has 0 aromatic heterocycles. The van der Waals surface area contributed by atoms with E-state index in [2.05, 4.69) is 4.99 Å². The largest absolute Gasteiger partial charge is 0.417 e. The number of fused-ring (bicyclic) bond motifs is 1. The molecule has 0 amide bonds. The van der Waals surface area contributed by atoms with Gasteiger partial charge in [-0.3, -0.25) is 4.99 Å². The van der Waals surface area contributed by atoms with Gasteiger partial charge in [0.05, 0.1) is 0 Å². The molecule has 10 heteroatoms. The van der Waals surface area contributed by atoms with Gasteiger partial charge in [-0.1, -0.05) is 11.8 Å². The van der Waals surface area contributed by atoms with Gasteiger partial charge in [-0.05, 0) is 0 Å². The van der Waals surface area contributed by atoms with Gasteiger partial charge < -0.3 is 25.8 Å². The van der Waals surface area contributed by atoms with Gasteiger partial charge in [-0.25, -0.2) is 0 Å². The second-order valence-electron chi connectivity index (χ2n) is 4.01. The van der Waals surface area contributed by atoms with Crippen LogP contribution < -0.4 is 5.73 Å². The molecule has 2 rings (SSSR count). The van der Waals surface area contributed by atoms with E-state index in [9.17, 15) is 23.4 Å². The summed E-state index contributed by atoms with van der Waals surface area (Å²) in [6, 6.07) is -0.929. The van der Waals surface area contributed by atoms with Gasteiger partial charge in [0, 0.05) is 0 Å². The topological polar surface area (TPSA) is 108 Å². The Hall–Kier alpha value is -0.550. The number of aliphatic hydroxyl groups is 3. The maximum atomic E-state index is 12.4. The lowest BCUT2D eigenvalue weighted by atomic mass is 9.94. The fraction of sp³-hybridized carbons (Fsp3) is 0.875. The highest BCUT2D eigenvalue weighted by molar-refractivity contribution is 8.14. The van der Waals surface area contributed by atoms with Crippen molar-refractivity contribution in [1.29, 1.82) is 0 Å². The van der Waals surface area contributed by atoms with Crippen LogP contribution in [0.2, 0.25) is 0 Å². The molecule has 0 aliphatic carbocycles. The van der Waals surface area contributed by atoms with Crippen molar-refractivity contribution in [3.05, 3.63) is 0 Å². The van der Waals surface area contributed by atoms with E-state index in [-0.39, 0.29) is 5.17 Å². The van der Waals surface area contributed by atoms with Crippen molar-refractivity contribution in [2.75, 3.05) is 0 Å². The molecule has 0 aromatic carbocycles. The van der Waals surface area contributed by atoms with E-state index in [1.54, 1.807) is 0 Å². The minimum absolute atomic E-state index is 0.0541. The molecule has 6 atom stereocenters. The number of thioether (sulfide) groups is 1. The lowest BCUT2D eigenvalue weighted by molar-refractivity contribution is -0.271. The Morgan fingerprint density at radius 1 is 1.33 bits per heavy atom. The van der Waals surface area contributed by atoms with Gasteiger partial charge in [-0.15, -0.1) is 0 Å². The fourth-order valence-electron chi connectivity index (χ4n) is 1.85. The number of alkyl halides is 3. The zero-order valence-corrected chi connectivity index (χ0v) is 9.60. The number of hydrogen-bond donors (Lipinski definition) is 4. The van der Waals surface area contributed by atoms with Gasteiger partial charge >= 0.3 is 6.18 Å². The molecule has 2 aliphatic heterocycles. The smallest absolute Gasteiger partial charge is 0.388 e. The van der Waals surface area contributed by atoms with Gasteiger partial charge in [0.25, 0.3) is 0 Å². The molecular weight excluding hydrogens is 277 g/mol. The molecule has 1 fully saturated rings. The van der Waals surface area contributed by atoms with Gasteiger partial charge in [0.15, 0.2) is 11.3 Å². The molecule has 0 unspecified atom stereocenters. The van der Waals surface area contributed by atoms with Gasteiger partial charge in [0.1, 0.15) is 29.8 Å². The normalized spacial score (nSPS) is 42.3. The number of aliphatic imine (C=N–C) groups is 1. The predicted octanol–water partition coefficient (Wildman–Crippen LogP) is -1.21. The van der Waals surface area contributed by atoms with Crippen LogP contribution >= 0.6 is 11.8 Å². The first-order valence-electron chi connectivity index (χ1n) is 4.98. The second-order valence-corrected chi connectivity index (χ2v) is 5.13. The van der Waals surface area contributed by atoms with Crippen LogP contribution in [0.1, 0.15) is 0 Å². The maximum Gasteiger partial charge on any atom is 0.417 e. The monoisotopic (exact) mass is 288 g/mol. The first kappa shape index (κ1) is 13.9. The van der Waals surface area contributed by atoms with Crippen LogP contribution in [0, 0.1) is 0 Å². The Balaban J connectivity index is 2.17. The lowest BCUT2D eigenvalue weighted by Crippen LogP contribution is -2.60. The van der Waals surface area contributed by atoms with Crippen LogP contribution in [0.15, 0.2) is 4.99 Å². The molecule has 104 valence electrons. The Kier molecular flexibility index (Phi) is 3.49. The summed E-state index contributed by atoms with van der Waals surface area (Å²) in [7, 11) is 0. The van der Waals surface area contributed by atoms with E-state index in [0.29, 0.717) is 0 Å². The first-order valence-corrected chi connectivity index (χ1v) is 5.86. The number of nitrogens with two attached hydrogens (primary N) is 1. The van der Waals surface area contributed by atoms with Crippen LogP contribution in [0.3, 0.4) is 0 Å². The average molecular weight is 288 g/mol. The van der Waals surface area contributed by atoms with Crippen LogP contribution in [0.5, 0.6) is 0 Å². The van der Waals surface area contributed by atoms with Crippen molar-refractivity contribution in [3.63, 3.8) is 0 Å². The second kappa shape index (κ2) is 4.53. The van der Waals surface area contributed by atoms with Crippen molar-refractivity contribution in [3.8, 4) is 0 Å². The SMILES string of the molecule is NC1=N[C@@H]2[C@@H](O)[C@@H](O)[C@@H]([C@H](O)C(F)(F)F)O[C@@H]2S1. The summed E-state index contributed by atoms with van der Waals surface area (Å²) < 4.78 is 42.1. The highest BCUT2D eigenvalue weighted by Gasteiger charge is 2.55. The zero-order chi connectivity index (χ0) is 13.7. The van der Waals surface area contributed by atoms with E-state index < -0.39 is 42.1 Å². The number of rotatable bonds is 1. The summed E-state index contributed by atoms with van der Waals surface area (Å²) in [6.07, 6.45) is -13.3. The van der Waals surface area contributed by atoms with Gasteiger partial charge in [-0.2, -0.15) is 13.2 Å². The number of halogens is 3. The predicted molar refractivity (Wildman–Crippen MR) is 55.7 cm³/mol. The molecule has 2 aliphatic rings. The van der Waals surface area contributed by atoms with E-state index in [1.807, 2.05) is 0 Å². The molecule has 6 nitrogen and oxygen atoms in total. The summed E-state index contributed by atoms with van der Waals surface area (Å²) in [5.41, 5.74) is 4.43. The molecule has 0 spiro atoms. The molecule has 5 N–H and O–H groups in total. The molecule has 0 radical (unpaired) electrons. The highest BCUT2D eigenvalue weighted by atomic mass is 32.2. The molecule has 1 saturated heterocycles. The van der Waals surface area contributed by atoms with Crippen molar-refractivity contribution in [2.24, 2.45) is 10.7 Å². The standard InChI is InChI=1S/C8H11F3N2O4S/c9-8(10,11)5(16)4-3(15)2(14)1-6(17-4)18-7(12)13-1/h1-6,14-16H,(H2,12,13)/t1-,2-,3-,4+,5+,6-/m1/s1. The molecule has 0 aromatic rings. The summed E-state index contributed by atoms with van der Waals surface area (Å²) in [6.45, 7) is 0. The minimum Gasteiger partial charge on any atom is -0.388 e. The van der Waals surface area contributed by atoms with E-state index in [1.165, 1.54) is 0 Å². The maximum absolute atomic E-state index is 12.4. The van der Waals surface area contributed by atoms with Crippen molar-refractivity contribution in [1.82, 2.24) is 0 Å². The third-order valence-electron chi connectivity index (χ3n) is 2.77. The Labute approximate surface area is 104 Å². The molecule has 0 saturated carbocycles. The van der Waals surface area contributed by atoms with Crippen molar-refractivity contribution >= 4 is 16.9 Å². The van der Waals surface area contributed by atoms with Gasteiger partial charge in [0.2, 0.25) is 0 Å². The van der Waals surface area contributed by atoms with E-state index >= 15 is 0 Å². The summed E-state index contributed by atoms with van der Waals surface area (Å²) in [5, 5.41) is 28.4. The van der Waals surface area contributed by atoms with Crippen molar-refractivity contribution < 1.29 is 33.2 Å². The number of amidine groups is 1. The zero-order valence-electron chi connectivity index (χ0n) is 8.78. The van der Waals surface area contributed by atoms with Crippen LogP contribution in [-0.4, -0.2) is 62.6 Å². The highest BCUT2D eigenvalue weighted by Crippen LogP contribution is 2.38. The van der Waals surface area contributed by atoms with Crippen LogP contribution in [0.25, 0.3) is 0 Å². The summed E-state index contributed by atoms with van der Waals surface area (Å²) >= 11 is 0.843. The summed E-state index contributed by atoms with van der Waals surface area (Å²) in [4.78, 5) is 3.76. The van der Waals surface area contributed by atoms with E-state index in [4.69, 9.17) is 15.6 Å². The third kappa shape index (κ3) is 2.30. The Morgan fingerprint density at radius 2 is 1.94 bits per heavy atom. The van der Waals surface area contributed by atoms with Crippen molar-refractivity contribution in [2.45, 2.75) is 42.1 Å². The minimum atomic E-state index is -4.95. The van der Waals surface area contributed by atoms with Crippen LogP contribution in [-0.2, 0) is 4.74 Å². The fourth-order valence-corrected chi connectivity index (χ4v) is 2.82. The third-order valence-corrected chi connectivity index (χ3v) is 3.74. The Bertz CT molecular complexity index is 367. The molecule has 2 heterocycles. The lowest BCUT2D eigenvalue weighted by Gasteiger charge is -2.40. The number of hydrogen-bond acceptors (Lipinski definition) is 7. The Morgan fingerprint density at radius 3 is 2.50 bits per heavy atom. The first-order chi connectivity index (χ1) is 8.21. The van der Waals surface area contributed by atoms with E-state index in [0.717, 1.165) is 11.8 Å². The molecule has 0 bridgehead atoms. The summed E-state index contributed by atoms with van der Waals surface area (Å²) in [5.74, 6) is 0. The number of nitrogens with zero attached hydrogens (tertiary/aromatic N) is 1.